The molecule has 0 amide bonds. The number of halogens is 2. The maximum atomic E-state index is 13.5. The van der Waals surface area contributed by atoms with E-state index in [9.17, 15) is 4.79 Å². The zero-order valence-corrected chi connectivity index (χ0v) is 20.1. The van der Waals surface area contributed by atoms with Crippen LogP contribution in [-0.4, -0.2) is 14.5 Å². The highest BCUT2D eigenvalue weighted by Crippen LogP contribution is 2.32. The van der Waals surface area contributed by atoms with Crippen molar-refractivity contribution >= 4 is 71.1 Å². The third-order valence-corrected chi connectivity index (χ3v) is 7.86. The minimum Gasteiger partial charge on any atom is -0.282 e. The molecule has 0 bridgehead atoms. The van der Waals surface area contributed by atoms with E-state index in [0.717, 1.165) is 25.8 Å². The number of pyridine rings is 1. The van der Waals surface area contributed by atoms with Gasteiger partial charge in [-0.1, -0.05) is 69.6 Å². The average molecular weight is 529 g/mol. The van der Waals surface area contributed by atoms with Gasteiger partial charge < -0.3 is 0 Å². The Morgan fingerprint density at radius 1 is 1.10 bits per heavy atom. The van der Waals surface area contributed by atoms with Crippen LogP contribution in [0.1, 0.15) is 11.1 Å². The summed E-state index contributed by atoms with van der Waals surface area (Å²) in [4.78, 5) is 23.7. The highest BCUT2D eigenvalue weighted by molar-refractivity contribution is 9.10. The molecular formula is C23H15BrClN3OS2. The molecule has 0 unspecified atom stereocenters. The topological polar surface area (TPSA) is 47.8 Å². The first-order chi connectivity index (χ1) is 15.1. The van der Waals surface area contributed by atoms with Crippen LogP contribution in [0.4, 0.5) is 0 Å². The second-order valence-corrected chi connectivity index (χ2v) is 10.2. The molecule has 5 aromatic rings. The second-order valence-electron chi connectivity index (χ2n) is 6.93. The van der Waals surface area contributed by atoms with Gasteiger partial charge in [0.2, 0.25) is 0 Å². The van der Waals surface area contributed by atoms with Gasteiger partial charge in [-0.3, -0.25) is 9.36 Å². The van der Waals surface area contributed by atoms with E-state index in [1.54, 1.807) is 22.5 Å². The van der Waals surface area contributed by atoms with E-state index < -0.39 is 0 Å². The molecule has 0 aliphatic rings. The van der Waals surface area contributed by atoms with Gasteiger partial charge in [0.1, 0.15) is 9.53 Å². The van der Waals surface area contributed by atoms with Gasteiger partial charge in [-0.2, -0.15) is 0 Å². The molecule has 0 saturated carbocycles. The lowest BCUT2D eigenvalue weighted by molar-refractivity contribution is 0.660. The molecule has 5 rings (SSSR count). The van der Waals surface area contributed by atoms with Gasteiger partial charge in [-0.05, 0) is 41.5 Å². The number of hydrogen-bond acceptors (Lipinski definition) is 5. The lowest BCUT2D eigenvalue weighted by Crippen LogP contribution is -2.23. The first kappa shape index (κ1) is 20.7. The minimum absolute atomic E-state index is 0.0651. The number of nitrogens with zero attached hydrogens (tertiary/aromatic N) is 3. The van der Waals surface area contributed by atoms with Crippen molar-refractivity contribution in [2.75, 3.05) is 0 Å². The van der Waals surface area contributed by atoms with Crippen LogP contribution in [0.5, 0.6) is 0 Å². The summed E-state index contributed by atoms with van der Waals surface area (Å²) in [5.41, 5.74) is 2.68. The van der Waals surface area contributed by atoms with Gasteiger partial charge >= 0.3 is 0 Å². The third-order valence-electron chi connectivity index (χ3n) is 4.86. The van der Waals surface area contributed by atoms with Crippen molar-refractivity contribution in [3.05, 3.63) is 97.8 Å². The van der Waals surface area contributed by atoms with Crippen LogP contribution in [0.3, 0.4) is 0 Å². The van der Waals surface area contributed by atoms with Crippen LogP contribution in [-0.2, 0) is 12.3 Å². The molecule has 3 heterocycles. The molecule has 31 heavy (non-hydrogen) atoms. The molecule has 0 saturated heterocycles. The van der Waals surface area contributed by atoms with Gasteiger partial charge in [0.25, 0.3) is 5.56 Å². The largest absolute Gasteiger partial charge is 0.282 e. The van der Waals surface area contributed by atoms with Gasteiger partial charge in [0, 0.05) is 26.8 Å². The number of aromatic nitrogens is 3. The molecule has 0 N–H and O–H groups in total. The summed E-state index contributed by atoms with van der Waals surface area (Å²) in [5, 5.41) is 2.21. The van der Waals surface area contributed by atoms with Gasteiger partial charge in [0.15, 0.2) is 5.16 Å². The SMILES string of the molecule is O=c1c2sc3ncccc3c2nc(SCc2cccc(Br)c2)n1Cc1ccccc1Cl. The van der Waals surface area contributed by atoms with Crippen molar-refractivity contribution in [3.63, 3.8) is 0 Å². The zero-order chi connectivity index (χ0) is 21.4. The Morgan fingerprint density at radius 2 is 1.97 bits per heavy atom. The molecule has 0 fully saturated rings. The van der Waals surface area contributed by atoms with Crippen LogP contribution in [0, 0.1) is 0 Å². The number of rotatable bonds is 5. The fourth-order valence-corrected chi connectivity index (χ4v) is 5.97. The van der Waals surface area contributed by atoms with E-state index in [2.05, 4.69) is 33.0 Å². The summed E-state index contributed by atoms with van der Waals surface area (Å²) in [6.45, 7) is 0.365. The van der Waals surface area contributed by atoms with Crippen molar-refractivity contribution in [2.45, 2.75) is 17.5 Å². The number of fused-ring (bicyclic) bond motifs is 3. The maximum Gasteiger partial charge on any atom is 0.272 e. The smallest absolute Gasteiger partial charge is 0.272 e. The van der Waals surface area contributed by atoms with E-state index >= 15 is 0 Å². The summed E-state index contributed by atoms with van der Waals surface area (Å²) in [7, 11) is 0. The Kier molecular flexibility index (Phi) is 5.84. The predicted octanol–water partition coefficient (Wildman–Crippen LogP) is 6.76. The van der Waals surface area contributed by atoms with Crippen LogP contribution in [0.2, 0.25) is 5.02 Å². The normalized spacial score (nSPS) is 11.4. The van der Waals surface area contributed by atoms with Crippen molar-refractivity contribution in [2.24, 2.45) is 0 Å². The molecule has 0 aliphatic heterocycles. The van der Waals surface area contributed by atoms with E-state index in [1.807, 2.05) is 48.5 Å². The number of benzene rings is 2. The molecule has 2 aromatic carbocycles. The Balaban J connectivity index is 1.65. The van der Waals surface area contributed by atoms with Crippen LogP contribution in [0.15, 0.2) is 81.3 Å². The molecule has 3 aromatic heterocycles. The Morgan fingerprint density at radius 3 is 2.81 bits per heavy atom. The third kappa shape index (κ3) is 4.15. The maximum absolute atomic E-state index is 13.5. The molecule has 0 radical (unpaired) electrons. The standard InChI is InChI=1S/C23H15BrClN3OS2/c24-16-7-3-5-14(11-16)13-30-23-27-19-17-8-4-10-26-21(17)31-20(19)22(29)28(23)12-15-6-1-2-9-18(15)25/h1-11H,12-13H2. The zero-order valence-electron chi connectivity index (χ0n) is 16.1. The van der Waals surface area contributed by atoms with Crippen molar-refractivity contribution < 1.29 is 0 Å². The van der Waals surface area contributed by atoms with Crippen molar-refractivity contribution in [1.29, 1.82) is 0 Å². The lowest BCUT2D eigenvalue weighted by Gasteiger charge is -2.13. The lowest BCUT2D eigenvalue weighted by atomic mass is 10.2. The first-order valence-electron chi connectivity index (χ1n) is 9.49. The molecule has 8 heteroatoms. The highest BCUT2D eigenvalue weighted by Gasteiger charge is 2.18. The van der Waals surface area contributed by atoms with Gasteiger partial charge in [-0.15, -0.1) is 11.3 Å². The van der Waals surface area contributed by atoms with Crippen molar-refractivity contribution in [1.82, 2.24) is 14.5 Å². The summed E-state index contributed by atoms with van der Waals surface area (Å²) in [6.07, 6.45) is 1.74. The quantitative estimate of drug-likeness (QED) is 0.187. The predicted molar refractivity (Wildman–Crippen MR) is 133 cm³/mol. The number of thiophene rings is 1. The number of hydrogen-bond donors (Lipinski definition) is 0. The van der Waals surface area contributed by atoms with Gasteiger partial charge in [0.05, 0.1) is 12.1 Å². The van der Waals surface area contributed by atoms with E-state index in [0.29, 0.717) is 32.7 Å². The van der Waals surface area contributed by atoms with Crippen molar-refractivity contribution in [3.8, 4) is 0 Å². The average Bonchev–Trinajstić information content (AvgIpc) is 3.15. The molecule has 154 valence electrons. The Bertz CT molecular complexity index is 1480. The Hall–Kier alpha value is -2.19. The van der Waals surface area contributed by atoms with Gasteiger partial charge in [-0.25, -0.2) is 9.97 Å². The summed E-state index contributed by atoms with van der Waals surface area (Å²) >= 11 is 12.9. The Labute approximate surface area is 200 Å². The summed E-state index contributed by atoms with van der Waals surface area (Å²) in [6, 6.07) is 19.6. The molecule has 0 aliphatic carbocycles. The molecular weight excluding hydrogens is 514 g/mol. The van der Waals surface area contributed by atoms with E-state index in [1.165, 1.54) is 11.3 Å². The molecule has 0 spiro atoms. The minimum atomic E-state index is -0.0651. The summed E-state index contributed by atoms with van der Waals surface area (Å²) < 4.78 is 3.37. The van der Waals surface area contributed by atoms with Crippen LogP contribution >= 0.6 is 50.6 Å². The highest BCUT2D eigenvalue weighted by atomic mass is 79.9. The summed E-state index contributed by atoms with van der Waals surface area (Å²) in [5.74, 6) is 0.695. The monoisotopic (exact) mass is 527 g/mol. The van der Waals surface area contributed by atoms with Crippen LogP contribution in [0.25, 0.3) is 20.4 Å². The molecule has 4 nitrogen and oxygen atoms in total. The second kappa shape index (κ2) is 8.74. The fraction of sp³-hybridized carbons (Fsp3) is 0.0870. The van der Waals surface area contributed by atoms with E-state index in [4.69, 9.17) is 16.6 Å². The number of thioether (sulfide) groups is 1. The fourth-order valence-electron chi connectivity index (χ4n) is 3.36. The van der Waals surface area contributed by atoms with E-state index in [-0.39, 0.29) is 5.56 Å². The molecule has 0 atom stereocenters. The first-order valence-corrected chi connectivity index (χ1v) is 12.5. The van der Waals surface area contributed by atoms with Crippen LogP contribution < -0.4 is 5.56 Å².